The molecule has 0 spiro atoms. The lowest BCUT2D eigenvalue weighted by Crippen LogP contribution is -2.39. The minimum absolute atomic E-state index is 0.0352. The Hall–Kier alpha value is -3.13. The van der Waals surface area contributed by atoms with Gasteiger partial charge in [-0.1, -0.05) is 11.6 Å². The number of amides is 2. The van der Waals surface area contributed by atoms with Gasteiger partial charge in [0.25, 0.3) is 5.91 Å². The fraction of sp³-hybridized carbons (Fsp3) is 0.278. The summed E-state index contributed by atoms with van der Waals surface area (Å²) in [6.07, 6.45) is 2.21. The number of aromatic amines is 1. The van der Waals surface area contributed by atoms with Crippen molar-refractivity contribution in [1.82, 2.24) is 25.1 Å². The Labute approximate surface area is 149 Å². The van der Waals surface area contributed by atoms with E-state index in [1.54, 1.807) is 21.1 Å². The van der Waals surface area contributed by atoms with Gasteiger partial charge in [-0.3, -0.25) is 19.5 Å². The van der Waals surface area contributed by atoms with Crippen molar-refractivity contribution in [1.29, 1.82) is 0 Å². The third-order valence-corrected chi connectivity index (χ3v) is 4.75. The minimum atomic E-state index is -0.654. The van der Waals surface area contributed by atoms with Crippen LogP contribution in [0, 0.1) is 6.92 Å². The molecular formula is C18H19N5O3. The van der Waals surface area contributed by atoms with Crippen molar-refractivity contribution in [2.75, 3.05) is 6.54 Å². The summed E-state index contributed by atoms with van der Waals surface area (Å²) in [6.45, 7) is 3.48. The maximum absolute atomic E-state index is 12.8. The standard InChI is InChI=1S/C18H19N5O3/c1-11-2-3-15-14(6-11)12(9-19-15)7-17(24)22-4-5-23-13(10-22)8-16(20-23)18(25)21-26/h2-3,6,8-9,19,26H,4-5,7,10H2,1H3,(H,21,25). The van der Waals surface area contributed by atoms with Crippen molar-refractivity contribution in [2.45, 2.75) is 26.4 Å². The van der Waals surface area contributed by atoms with Crippen LogP contribution in [0.25, 0.3) is 10.9 Å². The molecule has 3 N–H and O–H groups in total. The van der Waals surface area contributed by atoms with E-state index in [9.17, 15) is 9.59 Å². The predicted octanol–water partition coefficient (Wildman–Crippen LogP) is 1.38. The number of hydrogen-bond acceptors (Lipinski definition) is 4. The smallest absolute Gasteiger partial charge is 0.295 e. The summed E-state index contributed by atoms with van der Waals surface area (Å²) in [7, 11) is 0. The molecule has 8 heteroatoms. The molecule has 0 bridgehead atoms. The number of nitrogens with zero attached hydrogens (tertiary/aromatic N) is 3. The summed E-state index contributed by atoms with van der Waals surface area (Å²) in [6, 6.07) is 7.74. The summed E-state index contributed by atoms with van der Waals surface area (Å²) in [5.74, 6) is -0.619. The molecule has 0 radical (unpaired) electrons. The van der Waals surface area contributed by atoms with E-state index in [1.165, 1.54) is 0 Å². The highest BCUT2D eigenvalue weighted by Crippen LogP contribution is 2.22. The molecule has 1 aliphatic rings. The van der Waals surface area contributed by atoms with E-state index in [0.717, 1.165) is 27.7 Å². The zero-order chi connectivity index (χ0) is 18.3. The number of carbonyl (C=O) groups excluding carboxylic acids is 2. The SMILES string of the molecule is Cc1ccc2[nH]cc(CC(=O)N3CCn4nc(C(=O)NO)cc4C3)c2c1. The molecule has 0 saturated heterocycles. The average molecular weight is 353 g/mol. The van der Waals surface area contributed by atoms with E-state index in [0.29, 0.717) is 26.1 Å². The Bertz CT molecular complexity index is 1000. The molecule has 0 aliphatic carbocycles. The van der Waals surface area contributed by atoms with Gasteiger partial charge in [-0.15, -0.1) is 0 Å². The van der Waals surface area contributed by atoms with E-state index in [1.807, 2.05) is 25.3 Å². The molecule has 3 aromatic rings. The van der Waals surface area contributed by atoms with Gasteiger partial charge in [-0.05, 0) is 30.7 Å². The van der Waals surface area contributed by atoms with Crippen molar-refractivity contribution in [3.05, 3.63) is 53.0 Å². The van der Waals surface area contributed by atoms with Gasteiger partial charge in [-0.2, -0.15) is 5.10 Å². The van der Waals surface area contributed by atoms with E-state index in [4.69, 9.17) is 5.21 Å². The van der Waals surface area contributed by atoms with Crippen molar-refractivity contribution < 1.29 is 14.8 Å². The maximum Gasteiger partial charge on any atom is 0.295 e. The third kappa shape index (κ3) is 2.84. The van der Waals surface area contributed by atoms with E-state index in [2.05, 4.69) is 16.1 Å². The van der Waals surface area contributed by atoms with Gasteiger partial charge in [0.1, 0.15) is 0 Å². The molecular weight excluding hydrogens is 334 g/mol. The van der Waals surface area contributed by atoms with Crippen LogP contribution < -0.4 is 5.48 Å². The molecule has 134 valence electrons. The van der Waals surface area contributed by atoms with Crippen LogP contribution >= 0.6 is 0 Å². The van der Waals surface area contributed by atoms with Crippen LogP contribution in [-0.4, -0.2) is 43.2 Å². The first kappa shape index (κ1) is 16.3. The second-order valence-electron chi connectivity index (χ2n) is 6.54. The van der Waals surface area contributed by atoms with Crippen molar-refractivity contribution in [2.24, 2.45) is 0 Å². The third-order valence-electron chi connectivity index (χ3n) is 4.75. The first-order valence-electron chi connectivity index (χ1n) is 8.40. The monoisotopic (exact) mass is 353 g/mol. The van der Waals surface area contributed by atoms with Crippen LogP contribution in [0.1, 0.15) is 27.3 Å². The van der Waals surface area contributed by atoms with Crippen LogP contribution in [0.2, 0.25) is 0 Å². The molecule has 1 aliphatic heterocycles. The number of carbonyl (C=O) groups is 2. The van der Waals surface area contributed by atoms with Gasteiger partial charge < -0.3 is 9.88 Å². The molecule has 0 saturated carbocycles. The van der Waals surface area contributed by atoms with Gasteiger partial charge in [0.05, 0.1) is 25.2 Å². The Morgan fingerprint density at radius 3 is 2.96 bits per heavy atom. The molecule has 3 heterocycles. The fourth-order valence-electron chi connectivity index (χ4n) is 3.36. The normalized spacial score (nSPS) is 13.7. The molecule has 2 amide bonds. The first-order valence-corrected chi connectivity index (χ1v) is 8.40. The summed E-state index contributed by atoms with van der Waals surface area (Å²) in [4.78, 5) is 29.2. The first-order chi connectivity index (χ1) is 12.5. The number of benzene rings is 1. The van der Waals surface area contributed by atoms with Gasteiger partial charge >= 0.3 is 0 Å². The second-order valence-corrected chi connectivity index (χ2v) is 6.54. The number of nitrogens with one attached hydrogen (secondary N) is 2. The number of aryl methyl sites for hydroxylation is 1. The Balaban J connectivity index is 1.51. The molecule has 1 aromatic carbocycles. The maximum atomic E-state index is 12.8. The minimum Gasteiger partial charge on any atom is -0.361 e. The molecule has 2 aromatic heterocycles. The van der Waals surface area contributed by atoms with E-state index < -0.39 is 5.91 Å². The molecule has 0 fully saturated rings. The molecule has 0 unspecified atom stereocenters. The van der Waals surface area contributed by atoms with Crippen LogP contribution in [-0.2, 0) is 24.3 Å². The van der Waals surface area contributed by atoms with Crippen LogP contribution in [0.4, 0.5) is 0 Å². The predicted molar refractivity (Wildman–Crippen MR) is 93.6 cm³/mol. The zero-order valence-corrected chi connectivity index (χ0v) is 14.3. The largest absolute Gasteiger partial charge is 0.361 e. The fourth-order valence-corrected chi connectivity index (χ4v) is 3.36. The van der Waals surface area contributed by atoms with Gasteiger partial charge in [0.2, 0.25) is 5.91 Å². The van der Waals surface area contributed by atoms with Crippen molar-refractivity contribution >= 4 is 22.7 Å². The van der Waals surface area contributed by atoms with Crippen molar-refractivity contribution in [3.8, 4) is 0 Å². The molecule has 8 nitrogen and oxygen atoms in total. The lowest BCUT2D eigenvalue weighted by molar-refractivity contribution is -0.131. The Kier molecular flexibility index (Phi) is 3.96. The number of rotatable bonds is 3. The molecule has 4 rings (SSSR count). The zero-order valence-electron chi connectivity index (χ0n) is 14.3. The van der Waals surface area contributed by atoms with E-state index in [-0.39, 0.29) is 11.6 Å². The van der Waals surface area contributed by atoms with Crippen LogP contribution in [0.3, 0.4) is 0 Å². The number of aromatic nitrogens is 3. The van der Waals surface area contributed by atoms with Gasteiger partial charge in [0, 0.05) is 23.6 Å². The Morgan fingerprint density at radius 1 is 1.31 bits per heavy atom. The average Bonchev–Trinajstić information content (AvgIpc) is 3.24. The number of H-pyrrole nitrogens is 1. The molecule has 26 heavy (non-hydrogen) atoms. The highest BCUT2D eigenvalue weighted by molar-refractivity contribution is 5.91. The van der Waals surface area contributed by atoms with E-state index >= 15 is 0 Å². The summed E-state index contributed by atoms with van der Waals surface area (Å²) in [5, 5.41) is 13.9. The Morgan fingerprint density at radius 2 is 2.15 bits per heavy atom. The highest BCUT2D eigenvalue weighted by atomic mass is 16.5. The second kappa shape index (κ2) is 6.30. The van der Waals surface area contributed by atoms with Crippen molar-refractivity contribution in [3.63, 3.8) is 0 Å². The number of hydrogen-bond donors (Lipinski definition) is 3. The van der Waals surface area contributed by atoms with Crippen LogP contribution in [0.15, 0.2) is 30.5 Å². The summed E-state index contributed by atoms with van der Waals surface area (Å²) >= 11 is 0. The topological polar surface area (TPSA) is 103 Å². The van der Waals surface area contributed by atoms with Gasteiger partial charge in [-0.25, -0.2) is 5.48 Å². The van der Waals surface area contributed by atoms with Gasteiger partial charge in [0.15, 0.2) is 5.69 Å². The quantitative estimate of drug-likeness (QED) is 0.489. The molecule has 0 atom stereocenters. The highest BCUT2D eigenvalue weighted by Gasteiger charge is 2.24. The number of fused-ring (bicyclic) bond motifs is 2. The lowest BCUT2D eigenvalue weighted by atomic mass is 10.1. The number of hydroxylamine groups is 1. The summed E-state index contributed by atoms with van der Waals surface area (Å²) in [5.41, 5.74) is 5.65. The summed E-state index contributed by atoms with van der Waals surface area (Å²) < 4.78 is 1.70. The lowest BCUT2D eigenvalue weighted by Gasteiger charge is -2.27. The van der Waals surface area contributed by atoms with Crippen LogP contribution in [0.5, 0.6) is 0 Å².